The number of halogens is 2. The molecule has 4 nitrogen and oxygen atoms in total. The van der Waals surface area contributed by atoms with E-state index in [1.54, 1.807) is 36.4 Å². The molecule has 6 heteroatoms. The highest BCUT2D eigenvalue weighted by molar-refractivity contribution is 9.10. The Balaban J connectivity index is 2.38. The highest BCUT2D eigenvalue weighted by Gasteiger charge is 2.14. The molecular formula is C15H10BrClN2O2. The molecule has 1 amide bonds. The monoisotopic (exact) mass is 364 g/mol. The van der Waals surface area contributed by atoms with Crippen LogP contribution >= 0.6 is 27.5 Å². The Kier molecular flexibility index (Phi) is 4.84. The van der Waals surface area contributed by atoms with Crippen LogP contribution in [-0.4, -0.2) is 13.0 Å². The summed E-state index contributed by atoms with van der Waals surface area (Å²) >= 11 is 9.21. The van der Waals surface area contributed by atoms with Gasteiger partial charge in [-0.2, -0.15) is 5.26 Å². The van der Waals surface area contributed by atoms with Gasteiger partial charge in [0.05, 0.1) is 12.7 Å². The van der Waals surface area contributed by atoms with E-state index in [4.69, 9.17) is 21.6 Å². The predicted molar refractivity (Wildman–Crippen MR) is 84.8 cm³/mol. The van der Waals surface area contributed by atoms with E-state index in [0.29, 0.717) is 32.1 Å². The number of ether oxygens (including phenoxy) is 1. The molecule has 0 aliphatic carbocycles. The number of nitrogens with zero attached hydrogens (tertiary/aromatic N) is 1. The summed E-state index contributed by atoms with van der Waals surface area (Å²) in [7, 11) is 1.47. The van der Waals surface area contributed by atoms with Gasteiger partial charge in [-0.05, 0) is 30.3 Å². The molecule has 0 aliphatic heterocycles. The molecule has 0 heterocycles. The SMILES string of the molecule is COc1cccc(C#N)c1NC(=O)c1cc(Cl)cc(Br)c1. The maximum absolute atomic E-state index is 12.3. The van der Waals surface area contributed by atoms with Gasteiger partial charge < -0.3 is 10.1 Å². The highest BCUT2D eigenvalue weighted by Crippen LogP contribution is 2.29. The Morgan fingerprint density at radius 2 is 2.14 bits per heavy atom. The summed E-state index contributed by atoms with van der Waals surface area (Å²) in [5, 5.41) is 12.3. The topological polar surface area (TPSA) is 62.1 Å². The van der Waals surface area contributed by atoms with Crippen molar-refractivity contribution in [3.8, 4) is 11.8 Å². The molecule has 2 rings (SSSR count). The Morgan fingerprint density at radius 1 is 1.38 bits per heavy atom. The second-order valence-corrected chi connectivity index (χ2v) is 5.46. The number of hydrogen-bond donors (Lipinski definition) is 1. The van der Waals surface area contributed by atoms with Crippen LogP contribution in [0, 0.1) is 11.3 Å². The number of nitrogens with one attached hydrogen (secondary N) is 1. The van der Waals surface area contributed by atoms with Gasteiger partial charge in [-0.1, -0.05) is 33.6 Å². The zero-order chi connectivity index (χ0) is 15.4. The van der Waals surface area contributed by atoms with Crippen molar-refractivity contribution < 1.29 is 9.53 Å². The average molecular weight is 366 g/mol. The lowest BCUT2D eigenvalue weighted by atomic mass is 10.1. The van der Waals surface area contributed by atoms with Crippen LogP contribution in [0.5, 0.6) is 5.75 Å². The number of anilines is 1. The van der Waals surface area contributed by atoms with Crippen LogP contribution in [0.2, 0.25) is 5.02 Å². The van der Waals surface area contributed by atoms with Gasteiger partial charge in [0, 0.05) is 15.1 Å². The maximum Gasteiger partial charge on any atom is 0.255 e. The number of nitriles is 1. The third-order valence-corrected chi connectivity index (χ3v) is 3.41. The number of methoxy groups -OCH3 is 1. The maximum atomic E-state index is 12.3. The molecule has 2 aromatic carbocycles. The zero-order valence-electron chi connectivity index (χ0n) is 11.0. The molecule has 21 heavy (non-hydrogen) atoms. The molecule has 1 N–H and O–H groups in total. The lowest BCUT2D eigenvalue weighted by molar-refractivity contribution is 0.102. The van der Waals surface area contributed by atoms with Gasteiger partial charge in [0.25, 0.3) is 5.91 Å². The van der Waals surface area contributed by atoms with E-state index in [-0.39, 0.29) is 5.91 Å². The van der Waals surface area contributed by atoms with E-state index >= 15 is 0 Å². The van der Waals surface area contributed by atoms with Gasteiger partial charge in [-0.3, -0.25) is 4.79 Å². The number of rotatable bonds is 3. The number of carbonyl (C=O) groups excluding carboxylic acids is 1. The van der Waals surface area contributed by atoms with Crippen LogP contribution in [0.1, 0.15) is 15.9 Å². The number of amides is 1. The van der Waals surface area contributed by atoms with Crippen molar-refractivity contribution in [3.05, 3.63) is 57.0 Å². The minimum atomic E-state index is -0.376. The minimum Gasteiger partial charge on any atom is -0.495 e. The standard InChI is InChI=1S/C15H10BrClN2O2/c1-21-13-4-2-3-9(8-18)14(13)19-15(20)10-5-11(16)7-12(17)6-10/h2-7H,1H3,(H,19,20). The van der Waals surface area contributed by atoms with E-state index in [1.165, 1.54) is 7.11 Å². The molecule has 0 radical (unpaired) electrons. The van der Waals surface area contributed by atoms with Gasteiger partial charge in [-0.15, -0.1) is 0 Å². The van der Waals surface area contributed by atoms with E-state index in [0.717, 1.165) is 0 Å². The van der Waals surface area contributed by atoms with Crippen LogP contribution in [0.4, 0.5) is 5.69 Å². The van der Waals surface area contributed by atoms with Crippen LogP contribution in [0.15, 0.2) is 40.9 Å². The summed E-state index contributed by atoms with van der Waals surface area (Å²) in [6, 6.07) is 11.8. The van der Waals surface area contributed by atoms with E-state index < -0.39 is 0 Å². The second kappa shape index (κ2) is 6.61. The summed E-state index contributed by atoms with van der Waals surface area (Å²) in [6.07, 6.45) is 0. The Hall–Kier alpha value is -2.03. The molecule has 0 spiro atoms. The number of carbonyl (C=O) groups is 1. The molecule has 0 saturated heterocycles. The van der Waals surface area contributed by atoms with Crippen LogP contribution in [0.3, 0.4) is 0 Å². The quantitative estimate of drug-likeness (QED) is 0.885. The summed E-state index contributed by atoms with van der Waals surface area (Å²) in [6.45, 7) is 0. The largest absolute Gasteiger partial charge is 0.495 e. The Labute approximate surface area is 135 Å². The first-order valence-electron chi connectivity index (χ1n) is 5.89. The van der Waals surface area contributed by atoms with Gasteiger partial charge in [0.1, 0.15) is 17.5 Å². The molecular weight excluding hydrogens is 356 g/mol. The number of benzene rings is 2. The molecule has 0 saturated carbocycles. The van der Waals surface area contributed by atoms with Crippen LogP contribution in [-0.2, 0) is 0 Å². The van der Waals surface area contributed by atoms with Crippen molar-refractivity contribution >= 4 is 39.1 Å². The van der Waals surface area contributed by atoms with Crippen molar-refractivity contribution in [1.29, 1.82) is 5.26 Å². The van der Waals surface area contributed by atoms with Crippen molar-refractivity contribution in [1.82, 2.24) is 0 Å². The van der Waals surface area contributed by atoms with Gasteiger partial charge in [-0.25, -0.2) is 0 Å². The Bertz CT molecular complexity index is 721. The lowest BCUT2D eigenvalue weighted by Gasteiger charge is -2.12. The fourth-order valence-electron chi connectivity index (χ4n) is 1.79. The van der Waals surface area contributed by atoms with Crippen molar-refractivity contribution in [2.45, 2.75) is 0 Å². The minimum absolute atomic E-state index is 0.323. The number of hydrogen-bond acceptors (Lipinski definition) is 3. The van der Waals surface area contributed by atoms with Gasteiger partial charge >= 0.3 is 0 Å². The van der Waals surface area contributed by atoms with E-state index in [2.05, 4.69) is 21.2 Å². The molecule has 0 fully saturated rings. The second-order valence-electron chi connectivity index (χ2n) is 4.11. The van der Waals surface area contributed by atoms with Gasteiger partial charge in [0.15, 0.2) is 0 Å². The molecule has 0 atom stereocenters. The van der Waals surface area contributed by atoms with Crippen LogP contribution < -0.4 is 10.1 Å². The fourth-order valence-corrected chi connectivity index (χ4v) is 2.65. The summed E-state index contributed by atoms with van der Waals surface area (Å²) < 4.78 is 5.87. The van der Waals surface area contributed by atoms with E-state index in [1.807, 2.05) is 6.07 Å². The first-order valence-corrected chi connectivity index (χ1v) is 7.07. The molecule has 2 aromatic rings. The molecule has 0 unspecified atom stereocenters. The molecule has 0 aromatic heterocycles. The summed E-state index contributed by atoms with van der Waals surface area (Å²) in [4.78, 5) is 12.3. The number of para-hydroxylation sites is 1. The van der Waals surface area contributed by atoms with Crippen molar-refractivity contribution in [3.63, 3.8) is 0 Å². The molecule has 106 valence electrons. The average Bonchev–Trinajstić information content (AvgIpc) is 2.46. The highest BCUT2D eigenvalue weighted by atomic mass is 79.9. The zero-order valence-corrected chi connectivity index (χ0v) is 13.3. The first-order chi connectivity index (χ1) is 10.0. The lowest BCUT2D eigenvalue weighted by Crippen LogP contribution is -2.13. The third-order valence-electron chi connectivity index (χ3n) is 2.73. The smallest absolute Gasteiger partial charge is 0.255 e. The van der Waals surface area contributed by atoms with Gasteiger partial charge in [0.2, 0.25) is 0 Å². The molecule has 0 aliphatic rings. The fraction of sp³-hybridized carbons (Fsp3) is 0.0667. The normalized spacial score (nSPS) is 9.81. The van der Waals surface area contributed by atoms with Crippen molar-refractivity contribution in [2.24, 2.45) is 0 Å². The first kappa shape index (κ1) is 15.4. The van der Waals surface area contributed by atoms with E-state index in [9.17, 15) is 4.79 Å². The summed E-state index contributed by atoms with van der Waals surface area (Å²) in [5.41, 5.74) is 1.04. The summed E-state index contributed by atoms with van der Waals surface area (Å²) in [5.74, 6) is 0.0442. The van der Waals surface area contributed by atoms with Crippen molar-refractivity contribution in [2.75, 3.05) is 12.4 Å². The molecule has 0 bridgehead atoms. The van der Waals surface area contributed by atoms with Crippen LogP contribution in [0.25, 0.3) is 0 Å². The third kappa shape index (κ3) is 3.54. The Morgan fingerprint density at radius 3 is 2.76 bits per heavy atom. The predicted octanol–water partition coefficient (Wildman–Crippen LogP) is 4.24.